The van der Waals surface area contributed by atoms with Gasteiger partial charge >= 0.3 is 6.01 Å². The number of anilines is 2. The number of ether oxygens (including phenoxy) is 1. The van der Waals surface area contributed by atoms with Crippen molar-refractivity contribution in [3.63, 3.8) is 0 Å². The van der Waals surface area contributed by atoms with Gasteiger partial charge in [0.25, 0.3) is 0 Å². The number of hydrogen-bond acceptors (Lipinski definition) is 7. The van der Waals surface area contributed by atoms with Crippen LogP contribution < -0.4 is 15.4 Å². The minimum Gasteiger partial charge on any atom is -0.463 e. The first-order valence-electron chi connectivity index (χ1n) is 6.96. The molecular weight excluding hydrogens is 268 g/mol. The van der Waals surface area contributed by atoms with Crippen molar-refractivity contribution in [2.45, 2.75) is 26.3 Å². The second kappa shape index (κ2) is 7.37. The maximum Gasteiger partial charge on any atom is 0.323 e. The van der Waals surface area contributed by atoms with Gasteiger partial charge in [-0.15, -0.1) is 0 Å². The molecule has 0 bridgehead atoms. The van der Waals surface area contributed by atoms with Gasteiger partial charge in [-0.3, -0.25) is 4.98 Å². The fraction of sp³-hybridized carbons (Fsp3) is 0.429. The summed E-state index contributed by atoms with van der Waals surface area (Å²) in [6.07, 6.45) is 4.42. The highest BCUT2D eigenvalue weighted by atomic mass is 16.5. The van der Waals surface area contributed by atoms with Crippen LogP contribution in [0.25, 0.3) is 0 Å². The summed E-state index contributed by atoms with van der Waals surface area (Å²) < 4.78 is 5.47. The second-order valence-electron chi connectivity index (χ2n) is 4.51. The van der Waals surface area contributed by atoms with E-state index in [1.165, 1.54) is 0 Å². The molecule has 7 heteroatoms. The molecule has 0 spiro atoms. The van der Waals surface area contributed by atoms with Crippen molar-refractivity contribution in [1.82, 2.24) is 19.9 Å². The number of rotatable bonds is 7. The van der Waals surface area contributed by atoms with E-state index in [1.54, 1.807) is 19.4 Å². The third-order valence-corrected chi connectivity index (χ3v) is 2.83. The molecule has 0 aliphatic heterocycles. The van der Waals surface area contributed by atoms with E-state index in [0.717, 1.165) is 12.0 Å². The lowest BCUT2D eigenvalue weighted by atomic mass is 10.1. The van der Waals surface area contributed by atoms with Crippen LogP contribution in [0.3, 0.4) is 0 Å². The number of hydrogen-bond donors (Lipinski definition) is 2. The lowest BCUT2D eigenvalue weighted by Crippen LogP contribution is -2.12. The van der Waals surface area contributed by atoms with Gasteiger partial charge in [-0.1, -0.05) is 6.92 Å². The van der Waals surface area contributed by atoms with Crippen molar-refractivity contribution in [1.29, 1.82) is 0 Å². The summed E-state index contributed by atoms with van der Waals surface area (Å²) in [7, 11) is 1.76. The van der Waals surface area contributed by atoms with Crippen molar-refractivity contribution in [3.8, 4) is 6.01 Å². The molecule has 2 aromatic heterocycles. The third kappa shape index (κ3) is 4.27. The predicted octanol–water partition coefficient (Wildman–Crippen LogP) is 2.27. The van der Waals surface area contributed by atoms with E-state index in [2.05, 4.69) is 30.6 Å². The van der Waals surface area contributed by atoms with E-state index in [1.807, 2.05) is 26.0 Å². The lowest BCUT2D eigenvalue weighted by molar-refractivity contribution is 0.292. The minimum absolute atomic E-state index is 0.0548. The van der Waals surface area contributed by atoms with Crippen molar-refractivity contribution >= 4 is 11.9 Å². The van der Waals surface area contributed by atoms with Gasteiger partial charge in [-0.25, -0.2) is 0 Å². The van der Waals surface area contributed by atoms with Gasteiger partial charge in [0.2, 0.25) is 11.9 Å². The van der Waals surface area contributed by atoms with Crippen LogP contribution in [-0.4, -0.2) is 33.6 Å². The van der Waals surface area contributed by atoms with Gasteiger partial charge in [-0.05, 0) is 31.0 Å². The number of aromatic nitrogens is 4. The molecule has 0 saturated heterocycles. The monoisotopic (exact) mass is 288 g/mol. The van der Waals surface area contributed by atoms with Crippen molar-refractivity contribution in [3.05, 3.63) is 30.1 Å². The SMILES string of the molecule is CCCOc1nc(NC)nc(NC(C)c2ccncc2)n1. The van der Waals surface area contributed by atoms with E-state index in [4.69, 9.17) is 4.74 Å². The Kier molecular flexibility index (Phi) is 5.25. The van der Waals surface area contributed by atoms with E-state index in [9.17, 15) is 0 Å². The third-order valence-electron chi connectivity index (χ3n) is 2.83. The van der Waals surface area contributed by atoms with Crippen LogP contribution >= 0.6 is 0 Å². The van der Waals surface area contributed by atoms with E-state index in [0.29, 0.717) is 24.5 Å². The summed E-state index contributed by atoms with van der Waals surface area (Å²) in [4.78, 5) is 16.7. The average molecular weight is 288 g/mol. The molecule has 2 rings (SSSR count). The summed E-state index contributed by atoms with van der Waals surface area (Å²) in [6, 6.07) is 4.28. The zero-order valence-electron chi connectivity index (χ0n) is 12.5. The Bertz CT molecular complexity index is 563. The fourth-order valence-corrected chi connectivity index (χ4v) is 1.72. The highest BCUT2D eigenvalue weighted by Crippen LogP contribution is 2.18. The highest BCUT2D eigenvalue weighted by Gasteiger charge is 2.10. The molecule has 112 valence electrons. The van der Waals surface area contributed by atoms with Crippen LogP contribution in [0.15, 0.2) is 24.5 Å². The van der Waals surface area contributed by atoms with Crippen LogP contribution in [0.5, 0.6) is 6.01 Å². The first-order valence-corrected chi connectivity index (χ1v) is 6.96. The van der Waals surface area contributed by atoms with Crippen molar-refractivity contribution < 1.29 is 4.74 Å². The summed E-state index contributed by atoms with van der Waals surface area (Å²) in [5.74, 6) is 0.949. The van der Waals surface area contributed by atoms with Crippen LogP contribution in [0.4, 0.5) is 11.9 Å². The first-order chi connectivity index (χ1) is 10.2. The summed E-state index contributed by atoms with van der Waals surface area (Å²) in [6.45, 7) is 4.64. The molecule has 1 atom stereocenters. The molecule has 21 heavy (non-hydrogen) atoms. The van der Waals surface area contributed by atoms with Gasteiger partial charge in [0.05, 0.1) is 12.6 Å². The second-order valence-corrected chi connectivity index (χ2v) is 4.51. The largest absolute Gasteiger partial charge is 0.463 e. The molecule has 1 unspecified atom stereocenters. The molecule has 0 fully saturated rings. The van der Waals surface area contributed by atoms with Gasteiger partial charge in [0.1, 0.15) is 0 Å². The maximum atomic E-state index is 5.47. The van der Waals surface area contributed by atoms with E-state index >= 15 is 0 Å². The molecule has 0 aromatic carbocycles. The number of pyridine rings is 1. The first kappa shape index (κ1) is 15.0. The molecule has 2 aromatic rings. The lowest BCUT2D eigenvalue weighted by Gasteiger charge is -2.15. The van der Waals surface area contributed by atoms with E-state index < -0.39 is 0 Å². The van der Waals surface area contributed by atoms with Crippen LogP contribution in [-0.2, 0) is 0 Å². The highest BCUT2D eigenvalue weighted by molar-refractivity contribution is 5.37. The molecule has 0 radical (unpaired) electrons. The standard InChI is InChI=1S/C14H20N6O/c1-4-9-21-14-19-12(15-3)18-13(20-14)17-10(2)11-5-7-16-8-6-11/h5-8,10H,4,9H2,1-3H3,(H2,15,17,18,19,20). The summed E-state index contributed by atoms with van der Waals surface area (Å²) >= 11 is 0. The molecule has 0 aliphatic carbocycles. The van der Waals surface area contributed by atoms with Crippen LogP contribution in [0, 0.1) is 0 Å². The zero-order valence-corrected chi connectivity index (χ0v) is 12.5. The van der Waals surface area contributed by atoms with Gasteiger partial charge < -0.3 is 15.4 Å². The molecule has 2 N–H and O–H groups in total. The Hall–Kier alpha value is -2.44. The molecule has 7 nitrogen and oxygen atoms in total. The Labute approximate surface area is 124 Å². The maximum absolute atomic E-state index is 5.47. The van der Waals surface area contributed by atoms with Gasteiger partial charge in [0, 0.05) is 19.4 Å². The fourth-order valence-electron chi connectivity index (χ4n) is 1.72. The van der Waals surface area contributed by atoms with Crippen molar-refractivity contribution in [2.24, 2.45) is 0 Å². The quantitative estimate of drug-likeness (QED) is 0.808. The Balaban J connectivity index is 2.14. The Morgan fingerprint density at radius 2 is 1.86 bits per heavy atom. The topological polar surface area (TPSA) is 84.9 Å². The van der Waals surface area contributed by atoms with Gasteiger partial charge in [-0.2, -0.15) is 15.0 Å². The average Bonchev–Trinajstić information content (AvgIpc) is 2.53. The molecule has 0 saturated carbocycles. The number of nitrogens with one attached hydrogen (secondary N) is 2. The smallest absolute Gasteiger partial charge is 0.323 e. The van der Waals surface area contributed by atoms with Crippen molar-refractivity contribution in [2.75, 3.05) is 24.3 Å². The van der Waals surface area contributed by atoms with Gasteiger partial charge in [0.15, 0.2) is 0 Å². The Morgan fingerprint density at radius 1 is 1.14 bits per heavy atom. The molecule has 2 heterocycles. The predicted molar refractivity (Wildman–Crippen MR) is 81.4 cm³/mol. The molecule has 0 aliphatic rings. The molecule has 0 amide bonds. The Morgan fingerprint density at radius 3 is 2.52 bits per heavy atom. The minimum atomic E-state index is 0.0548. The summed E-state index contributed by atoms with van der Waals surface area (Å²) in [5.41, 5.74) is 1.10. The van der Waals surface area contributed by atoms with E-state index in [-0.39, 0.29) is 6.04 Å². The van der Waals surface area contributed by atoms with Crippen LogP contribution in [0.2, 0.25) is 0 Å². The zero-order chi connectivity index (χ0) is 15.1. The summed E-state index contributed by atoms with van der Waals surface area (Å²) in [5, 5.41) is 6.14. The number of nitrogens with zero attached hydrogens (tertiary/aromatic N) is 4. The van der Waals surface area contributed by atoms with Crippen LogP contribution in [0.1, 0.15) is 31.9 Å². The normalized spacial score (nSPS) is 11.8. The molecular formula is C14H20N6O.